The smallest absolute Gasteiger partial charge is 0.305 e. The van der Waals surface area contributed by atoms with Crippen LogP contribution in [0, 0.1) is 5.41 Å². The zero-order valence-electron chi connectivity index (χ0n) is 8.57. The van der Waals surface area contributed by atoms with E-state index in [4.69, 9.17) is 5.41 Å². The van der Waals surface area contributed by atoms with E-state index in [0.717, 1.165) is 10.1 Å². The van der Waals surface area contributed by atoms with E-state index in [1.54, 1.807) is 31.2 Å². The summed E-state index contributed by atoms with van der Waals surface area (Å²) >= 11 is 0. The predicted molar refractivity (Wildman–Crippen MR) is 59.5 cm³/mol. The maximum absolute atomic E-state index is 11.3. The van der Waals surface area contributed by atoms with Gasteiger partial charge in [0, 0.05) is 5.71 Å². The molecule has 0 spiro atoms. The summed E-state index contributed by atoms with van der Waals surface area (Å²) < 4.78 is 0.989. The van der Waals surface area contributed by atoms with Crippen molar-refractivity contribution in [2.24, 2.45) is 0 Å². The Kier molecular flexibility index (Phi) is 2.32. The highest BCUT2D eigenvalue weighted by molar-refractivity contribution is 5.96. The molecule has 2 aromatic rings. The Morgan fingerprint density at radius 1 is 1.12 bits per heavy atom. The van der Waals surface area contributed by atoms with Crippen LogP contribution in [0.15, 0.2) is 33.9 Å². The molecule has 0 bridgehead atoms. The highest BCUT2D eigenvalue weighted by Gasteiger charge is 2.05. The Morgan fingerprint density at radius 2 is 1.62 bits per heavy atom. The molecule has 0 aliphatic heterocycles. The van der Waals surface area contributed by atoms with E-state index in [1.165, 1.54) is 0 Å². The average molecular weight is 218 g/mol. The fourth-order valence-corrected chi connectivity index (χ4v) is 1.41. The molecule has 0 aliphatic carbocycles. The molecule has 1 aromatic carbocycles. The van der Waals surface area contributed by atoms with Gasteiger partial charge in [0.1, 0.15) is 0 Å². The molecule has 1 heterocycles. The lowest BCUT2D eigenvalue weighted by atomic mass is 10.1. The number of nitrogens with one attached hydrogen (secondary N) is 3. The number of nitrogens with zero attached hydrogens (tertiary/aromatic N) is 1. The molecule has 82 valence electrons. The Morgan fingerprint density at radius 3 is 2.06 bits per heavy atom. The van der Waals surface area contributed by atoms with Crippen molar-refractivity contribution in [3.8, 4) is 5.69 Å². The third kappa shape index (κ3) is 1.60. The molecule has 16 heavy (non-hydrogen) atoms. The van der Waals surface area contributed by atoms with Gasteiger partial charge in [-0.3, -0.25) is 0 Å². The minimum atomic E-state index is -0.510. The molecule has 6 nitrogen and oxygen atoms in total. The summed E-state index contributed by atoms with van der Waals surface area (Å²) in [6, 6.07) is 6.63. The third-order valence-corrected chi connectivity index (χ3v) is 2.24. The highest BCUT2D eigenvalue weighted by Crippen LogP contribution is 2.06. The van der Waals surface area contributed by atoms with Crippen molar-refractivity contribution in [3.63, 3.8) is 0 Å². The van der Waals surface area contributed by atoms with E-state index in [1.807, 2.05) is 0 Å². The zero-order valence-corrected chi connectivity index (χ0v) is 8.57. The third-order valence-electron chi connectivity index (χ3n) is 2.24. The second kappa shape index (κ2) is 3.65. The van der Waals surface area contributed by atoms with Gasteiger partial charge >= 0.3 is 11.4 Å². The molecular weight excluding hydrogens is 208 g/mol. The van der Waals surface area contributed by atoms with Crippen molar-refractivity contribution in [3.05, 3.63) is 50.8 Å². The lowest BCUT2D eigenvalue weighted by molar-refractivity contribution is 0.951. The fourth-order valence-electron chi connectivity index (χ4n) is 1.41. The summed E-state index contributed by atoms with van der Waals surface area (Å²) in [5.41, 5.74) is 0.636. The monoisotopic (exact) mass is 218 g/mol. The molecule has 1 aromatic heterocycles. The predicted octanol–water partition coefficient (Wildman–Crippen LogP) is 0.242. The Labute approximate surface area is 90.1 Å². The number of aromatic nitrogens is 3. The largest absolute Gasteiger partial charge is 0.348 e. The van der Waals surface area contributed by atoms with Gasteiger partial charge in [-0.1, -0.05) is 12.1 Å². The average Bonchev–Trinajstić information content (AvgIpc) is 2.59. The van der Waals surface area contributed by atoms with Crippen LogP contribution in [0.1, 0.15) is 12.5 Å². The first-order valence-electron chi connectivity index (χ1n) is 4.65. The van der Waals surface area contributed by atoms with Crippen LogP contribution in [-0.4, -0.2) is 20.5 Å². The topological polar surface area (TPSA) is 94.5 Å². The van der Waals surface area contributed by atoms with Gasteiger partial charge in [-0.25, -0.2) is 24.4 Å². The Bertz CT molecular complexity index is 602. The van der Waals surface area contributed by atoms with Crippen LogP contribution < -0.4 is 11.4 Å². The SMILES string of the molecule is CC(=N)c1ccc(-n2c(=O)[nH][nH]c2=O)cc1. The molecule has 0 unspecified atom stereocenters. The van der Waals surface area contributed by atoms with Crippen molar-refractivity contribution >= 4 is 5.71 Å². The second-order valence-electron chi connectivity index (χ2n) is 3.37. The molecule has 0 atom stereocenters. The first-order valence-corrected chi connectivity index (χ1v) is 4.65. The second-order valence-corrected chi connectivity index (χ2v) is 3.37. The summed E-state index contributed by atoms with van der Waals surface area (Å²) in [6.45, 7) is 1.67. The van der Waals surface area contributed by atoms with Gasteiger partial charge < -0.3 is 5.41 Å². The molecule has 6 heteroatoms. The standard InChI is InChI=1S/C10H10N4O2/c1-6(11)7-2-4-8(5-3-7)14-9(15)12-13-10(14)16/h2-5,11H,1H3,(H,12,15)(H,13,16). The van der Waals surface area contributed by atoms with Gasteiger partial charge in [0.15, 0.2) is 0 Å². The number of hydrogen-bond donors (Lipinski definition) is 3. The van der Waals surface area contributed by atoms with Crippen molar-refractivity contribution in [2.45, 2.75) is 6.92 Å². The van der Waals surface area contributed by atoms with Crippen molar-refractivity contribution < 1.29 is 0 Å². The van der Waals surface area contributed by atoms with Crippen LogP contribution in [0.3, 0.4) is 0 Å². The number of rotatable bonds is 2. The van der Waals surface area contributed by atoms with Crippen LogP contribution in [0.4, 0.5) is 0 Å². The summed E-state index contributed by atoms with van der Waals surface area (Å²) in [5, 5.41) is 11.8. The van der Waals surface area contributed by atoms with Crippen molar-refractivity contribution in [1.29, 1.82) is 5.41 Å². The summed E-state index contributed by atoms with van der Waals surface area (Å²) in [5.74, 6) is 0. The first-order chi connectivity index (χ1) is 7.59. The zero-order chi connectivity index (χ0) is 11.7. The number of hydrogen-bond acceptors (Lipinski definition) is 3. The summed E-state index contributed by atoms with van der Waals surface area (Å²) in [7, 11) is 0. The highest BCUT2D eigenvalue weighted by atomic mass is 16.2. The van der Waals surface area contributed by atoms with Crippen LogP contribution in [0.25, 0.3) is 5.69 Å². The van der Waals surface area contributed by atoms with Crippen molar-refractivity contribution in [2.75, 3.05) is 0 Å². The quantitative estimate of drug-likeness (QED) is 0.630. The minimum absolute atomic E-state index is 0.432. The van der Waals surface area contributed by atoms with E-state index < -0.39 is 11.4 Å². The molecule has 0 amide bonds. The normalized spacial score (nSPS) is 10.3. The molecule has 2 rings (SSSR count). The molecule has 0 saturated carbocycles. The molecule has 0 radical (unpaired) electrons. The molecule has 3 N–H and O–H groups in total. The summed E-state index contributed by atoms with van der Waals surface area (Å²) in [6.07, 6.45) is 0. The number of aromatic amines is 2. The first kappa shape index (κ1) is 10.2. The fraction of sp³-hybridized carbons (Fsp3) is 0.100. The van der Waals surface area contributed by atoms with Crippen molar-refractivity contribution in [1.82, 2.24) is 14.8 Å². The van der Waals surface area contributed by atoms with Crippen LogP contribution in [0.5, 0.6) is 0 Å². The molecule has 0 saturated heterocycles. The van der Waals surface area contributed by atoms with Crippen LogP contribution in [-0.2, 0) is 0 Å². The summed E-state index contributed by atoms with van der Waals surface area (Å²) in [4.78, 5) is 22.6. The van der Waals surface area contributed by atoms with Crippen LogP contribution in [0.2, 0.25) is 0 Å². The lowest BCUT2D eigenvalue weighted by Crippen LogP contribution is -2.24. The van der Waals surface area contributed by atoms with Gasteiger partial charge in [0.25, 0.3) is 0 Å². The van der Waals surface area contributed by atoms with E-state index in [-0.39, 0.29) is 0 Å². The minimum Gasteiger partial charge on any atom is -0.305 e. The maximum atomic E-state index is 11.3. The van der Waals surface area contributed by atoms with E-state index in [9.17, 15) is 9.59 Å². The molecule has 0 aliphatic rings. The molecular formula is C10H10N4O2. The lowest BCUT2D eigenvalue weighted by Gasteiger charge is -2.01. The van der Waals surface area contributed by atoms with E-state index >= 15 is 0 Å². The van der Waals surface area contributed by atoms with Gasteiger partial charge in [-0.05, 0) is 24.6 Å². The van der Waals surface area contributed by atoms with Gasteiger partial charge in [0.05, 0.1) is 5.69 Å². The van der Waals surface area contributed by atoms with Gasteiger partial charge in [0.2, 0.25) is 0 Å². The van der Waals surface area contributed by atoms with Crippen LogP contribution >= 0.6 is 0 Å². The molecule has 0 fully saturated rings. The van der Waals surface area contributed by atoms with E-state index in [2.05, 4.69) is 10.2 Å². The van der Waals surface area contributed by atoms with Gasteiger partial charge in [-0.2, -0.15) is 0 Å². The number of benzene rings is 1. The van der Waals surface area contributed by atoms with Gasteiger partial charge in [-0.15, -0.1) is 0 Å². The number of H-pyrrole nitrogens is 2. The van der Waals surface area contributed by atoms with E-state index in [0.29, 0.717) is 11.4 Å². The Hall–Kier alpha value is -2.37. The Balaban J connectivity index is 2.55. The maximum Gasteiger partial charge on any atom is 0.348 e.